The molecule has 3 rings (SSSR count). The zero-order chi connectivity index (χ0) is 27.3. The van der Waals surface area contributed by atoms with Crippen molar-refractivity contribution in [2.24, 2.45) is 0 Å². The molecule has 9 nitrogen and oxygen atoms in total. The Labute approximate surface area is 227 Å². The quantitative estimate of drug-likeness (QED) is 0.331. The predicted octanol–water partition coefficient (Wildman–Crippen LogP) is 3.15. The summed E-state index contributed by atoms with van der Waals surface area (Å²) in [5.74, 6) is -2.73. The SMILES string of the molecule is CS(=O)(=O)c1ccc[n+](C[C@H](NC(=O)c2c(Cl)cc(C(=O)NCc3ccc(Cl)cc3)cc2Cl)C(=O)O)c1. The topological polar surface area (TPSA) is 134 Å². The van der Waals surface area contributed by atoms with Crippen molar-refractivity contribution < 1.29 is 32.5 Å². The maximum Gasteiger partial charge on any atom is 0.332 e. The van der Waals surface area contributed by atoms with Crippen LogP contribution in [0.3, 0.4) is 0 Å². The van der Waals surface area contributed by atoms with Crippen LogP contribution in [0.1, 0.15) is 26.3 Å². The van der Waals surface area contributed by atoms with E-state index in [4.69, 9.17) is 34.8 Å². The van der Waals surface area contributed by atoms with Gasteiger partial charge in [0.1, 0.15) is 4.90 Å². The average molecular weight is 586 g/mol. The summed E-state index contributed by atoms with van der Waals surface area (Å²) in [6, 6.07) is 10.8. The molecule has 1 atom stereocenters. The third-order valence-electron chi connectivity index (χ3n) is 5.15. The molecule has 0 aliphatic rings. The van der Waals surface area contributed by atoms with E-state index < -0.39 is 33.7 Å². The smallest absolute Gasteiger partial charge is 0.332 e. The van der Waals surface area contributed by atoms with E-state index in [1.54, 1.807) is 24.3 Å². The lowest BCUT2D eigenvalue weighted by atomic mass is 10.1. The highest BCUT2D eigenvalue weighted by Gasteiger charge is 2.28. The molecule has 0 aliphatic carbocycles. The second-order valence-corrected chi connectivity index (χ2v) is 11.3. The van der Waals surface area contributed by atoms with Crippen molar-refractivity contribution in [3.8, 4) is 0 Å². The van der Waals surface area contributed by atoms with Crippen LogP contribution in [0.25, 0.3) is 0 Å². The van der Waals surface area contributed by atoms with Crippen LogP contribution in [0.5, 0.6) is 0 Å². The molecule has 0 saturated carbocycles. The number of nitrogens with one attached hydrogen (secondary N) is 2. The zero-order valence-corrected chi connectivity index (χ0v) is 22.3. The molecule has 1 heterocycles. The molecule has 0 radical (unpaired) electrons. The summed E-state index contributed by atoms with van der Waals surface area (Å²) in [7, 11) is -3.52. The number of nitrogens with zero attached hydrogens (tertiary/aromatic N) is 1. The number of carboxylic acid groups (broad SMARTS) is 1. The number of hydrogen-bond acceptors (Lipinski definition) is 5. The fourth-order valence-corrected chi connectivity index (χ4v) is 4.70. The fourth-order valence-electron chi connectivity index (χ4n) is 3.27. The number of sulfone groups is 1. The predicted molar refractivity (Wildman–Crippen MR) is 138 cm³/mol. The van der Waals surface area contributed by atoms with Crippen LogP contribution in [0.2, 0.25) is 15.1 Å². The van der Waals surface area contributed by atoms with Crippen molar-refractivity contribution in [2.75, 3.05) is 6.26 Å². The molecule has 2 amide bonds. The largest absolute Gasteiger partial charge is 0.480 e. The second-order valence-electron chi connectivity index (χ2n) is 8.00. The Bertz CT molecular complexity index is 1440. The van der Waals surface area contributed by atoms with Gasteiger partial charge in [-0.3, -0.25) is 9.59 Å². The first-order valence-electron chi connectivity index (χ1n) is 10.6. The maximum absolute atomic E-state index is 12.9. The molecule has 0 fully saturated rings. The summed E-state index contributed by atoms with van der Waals surface area (Å²) in [5.41, 5.74) is 0.702. The van der Waals surface area contributed by atoms with Gasteiger partial charge in [0.25, 0.3) is 11.8 Å². The summed E-state index contributed by atoms with van der Waals surface area (Å²) in [6.07, 6.45) is 3.75. The first-order chi connectivity index (χ1) is 17.3. The molecule has 0 saturated heterocycles. The van der Waals surface area contributed by atoms with Crippen molar-refractivity contribution in [3.05, 3.63) is 92.7 Å². The van der Waals surface area contributed by atoms with Crippen molar-refractivity contribution in [2.45, 2.75) is 24.0 Å². The molecule has 37 heavy (non-hydrogen) atoms. The Morgan fingerprint density at radius 1 is 1.00 bits per heavy atom. The number of aliphatic carboxylic acids is 1. The second kappa shape index (κ2) is 11.9. The minimum absolute atomic E-state index is 0.0125. The lowest BCUT2D eigenvalue weighted by molar-refractivity contribution is -0.699. The summed E-state index contributed by atoms with van der Waals surface area (Å²) >= 11 is 18.3. The maximum atomic E-state index is 12.9. The van der Waals surface area contributed by atoms with Crippen LogP contribution in [-0.2, 0) is 27.7 Å². The minimum Gasteiger partial charge on any atom is -0.480 e. The number of carbonyl (C=O) groups excluding carboxylic acids is 2. The van der Waals surface area contributed by atoms with Crippen LogP contribution >= 0.6 is 34.8 Å². The number of halogens is 3. The number of amides is 2. The molecular weight excluding hydrogens is 565 g/mol. The van der Waals surface area contributed by atoms with Gasteiger partial charge in [0.15, 0.2) is 34.8 Å². The van der Waals surface area contributed by atoms with E-state index >= 15 is 0 Å². The van der Waals surface area contributed by atoms with Gasteiger partial charge in [0.2, 0.25) is 0 Å². The molecule has 3 N–H and O–H groups in total. The van der Waals surface area contributed by atoms with Crippen molar-refractivity contribution in [1.82, 2.24) is 10.6 Å². The van der Waals surface area contributed by atoms with Gasteiger partial charge in [-0.25, -0.2) is 17.8 Å². The molecule has 0 bridgehead atoms. The third kappa shape index (κ3) is 7.65. The van der Waals surface area contributed by atoms with E-state index in [0.29, 0.717) is 5.02 Å². The van der Waals surface area contributed by atoms with Gasteiger partial charge in [0.05, 0.1) is 15.6 Å². The molecule has 0 unspecified atom stereocenters. The monoisotopic (exact) mass is 584 g/mol. The Kier molecular flexibility index (Phi) is 9.14. The van der Waals surface area contributed by atoms with Gasteiger partial charge in [-0.1, -0.05) is 46.9 Å². The fraction of sp³-hybridized carbons (Fsp3) is 0.167. The van der Waals surface area contributed by atoms with Gasteiger partial charge in [0, 0.05) is 29.5 Å². The third-order valence-corrected chi connectivity index (χ3v) is 7.10. The molecule has 1 aromatic heterocycles. The molecule has 194 valence electrons. The lowest BCUT2D eigenvalue weighted by Gasteiger charge is -2.14. The summed E-state index contributed by atoms with van der Waals surface area (Å²) < 4.78 is 24.9. The number of aromatic nitrogens is 1. The standard InChI is InChI=1S/C24H20Cl3N3O6S/c1-37(35,36)17-3-2-8-30(12-17)13-20(24(33)34)29-23(32)21-18(26)9-15(10-19(21)27)22(31)28-11-14-4-6-16(25)7-5-14/h2-10,12,20H,11,13H2,1H3,(H2-,28,29,31,32,33,34)/p+1/t20-/m0/s1. The number of rotatable bonds is 9. The van der Waals surface area contributed by atoms with E-state index in [2.05, 4.69) is 10.6 Å². The van der Waals surface area contributed by atoms with E-state index in [9.17, 15) is 27.9 Å². The van der Waals surface area contributed by atoms with Crippen LogP contribution < -0.4 is 15.2 Å². The summed E-state index contributed by atoms with van der Waals surface area (Å²) in [6.45, 7) is -0.0587. The molecule has 0 aliphatic heterocycles. The van der Waals surface area contributed by atoms with Crippen molar-refractivity contribution in [3.63, 3.8) is 0 Å². The highest BCUT2D eigenvalue weighted by Crippen LogP contribution is 2.27. The van der Waals surface area contributed by atoms with Gasteiger partial charge < -0.3 is 15.7 Å². The summed E-state index contributed by atoms with van der Waals surface area (Å²) in [4.78, 5) is 37.2. The Morgan fingerprint density at radius 3 is 2.19 bits per heavy atom. The van der Waals surface area contributed by atoms with Crippen LogP contribution in [-0.4, -0.2) is 43.6 Å². The molecule has 0 spiro atoms. The van der Waals surface area contributed by atoms with Crippen molar-refractivity contribution >= 4 is 62.4 Å². The van der Waals surface area contributed by atoms with Crippen LogP contribution in [0.15, 0.2) is 65.8 Å². The van der Waals surface area contributed by atoms with Gasteiger partial charge in [-0.15, -0.1) is 0 Å². The van der Waals surface area contributed by atoms with E-state index in [1.165, 1.54) is 41.2 Å². The highest BCUT2D eigenvalue weighted by molar-refractivity contribution is 7.90. The Balaban J connectivity index is 1.74. The number of pyridine rings is 1. The van der Waals surface area contributed by atoms with Crippen molar-refractivity contribution in [1.29, 1.82) is 0 Å². The van der Waals surface area contributed by atoms with Crippen LogP contribution in [0.4, 0.5) is 0 Å². The molecular formula is C24H21Cl3N3O6S+. The Hall–Kier alpha value is -3.18. The van der Waals surface area contributed by atoms with Gasteiger partial charge in [-0.05, 0) is 35.9 Å². The highest BCUT2D eigenvalue weighted by atomic mass is 35.5. The minimum atomic E-state index is -3.52. The first-order valence-corrected chi connectivity index (χ1v) is 13.6. The van der Waals surface area contributed by atoms with Gasteiger partial charge in [-0.2, -0.15) is 0 Å². The van der Waals surface area contributed by atoms with E-state index in [1.807, 2.05) is 0 Å². The number of carboxylic acids is 1. The lowest BCUT2D eigenvalue weighted by Crippen LogP contribution is -2.51. The number of benzene rings is 2. The normalized spacial score (nSPS) is 12.0. The molecule has 3 aromatic rings. The van der Waals surface area contributed by atoms with Gasteiger partial charge >= 0.3 is 5.97 Å². The van der Waals surface area contributed by atoms with E-state index in [0.717, 1.165) is 11.8 Å². The van der Waals surface area contributed by atoms with Crippen LogP contribution in [0, 0.1) is 0 Å². The first kappa shape index (κ1) is 28.4. The summed E-state index contributed by atoms with van der Waals surface area (Å²) in [5, 5.41) is 14.9. The van der Waals surface area contributed by atoms with E-state index in [-0.39, 0.29) is 39.2 Å². The average Bonchev–Trinajstić information content (AvgIpc) is 2.82. The number of hydrogen-bond donors (Lipinski definition) is 3. The molecule has 2 aromatic carbocycles. The Morgan fingerprint density at radius 2 is 1.62 bits per heavy atom. The molecule has 13 heteroatoms. The zero-order valence-electron chi connectivity index (χ0n) is 19.2. The number of carbonyl (C=O) groups is 3.